The van der Waals surface area contributed by atoms with Crippen molar-refractivity contribution in [3.63, 3.8) is 0 Å². The summed E-state index contributed by atoms with van der Waals surface area (Å²) in [4.78, 5) is 29.6. The van der Waals surface area contributed by atoms with Gasteiger partial charge in [0.2, 0.25) is 16.5 Å². The minimum atomic E-state index is -2.66. The third-order valence-corrected chi connectivity index (χ3v) is 7.13. The van der Waals surface area contributed by atoms with E-state index in [4.69, 9.17) is 4.74 Å². The molecule has 0 spiro atoms. The van der Waals surface area contributed by atoms with E-state index in [0.717, 1.165) is 18.7 Å². The minimum Gasteiger partial charge on any atom is -0.490 e. The number of hydrogen-bond acceptors (Lipinski definition) is 10. The summed E-state index contributed by atoms with van der Waals surface area (Å²) in [6.45, 7) is 3.30. The lowest BCUT2D eigenvalue weighted by Crippen LogP contribution is -2.43. The van der Waals surface area contributed by atoms with Crippen LogP contribution in [0.1, 0.15) is 52.1 Å². The number of nitrogens with one attached hydrogen (secondary N) is 2. The van der Waals surface area contributed by atoms with Gasteiger partial charge in [0.1, 0.15) is 11.9 Å². The topological polar surface area (TPSA) is 135 Å². The van der Waals surface area contributed by atoms with Crippen molar-refractivity contribution < 1.29 is 23.1 Å². The Bertz CT molecular complexity index is 1280. The van der Waals surface area contributed by atoms with Crippen molar-refractivity contribution in [3.05, 3.63) is 46.4 Å². The number of anilines is 2. The van der Waals surface area contributed by atoms with Gasteiger partial charge in [-0.05, 0) is 25.5 Å². The Morgan fingerprint density at radius 3 is 2.81 bits per heavy atom. The first-order valence-electron chi connectivity index (χ1n) is 11.7. The molecule has 2 aliphatic rings. The Balaban J connectivity index is 1.15. The van der Waals surface area contributed by atoms with Crippen molar-refractivity contribution in [2.24, 2.45) is 0 Å². The molecule has 4 heterocycles. The zero-order valence-electron chi connectivity index (χ0n) is 19.9. The Hall–Kier alpha value is -3.81. The van der Waals surface area contributed by atoms with Crippen LogP contribution < -0.4 is 20.3 Å². The van der Waals surface area contributed by atoms with Gasteiger partial charge in [0.15, 0.2) is 5.82 Å². The summed E-state index contributed by atoms with van der Waals surface area (Å²) >= 11 is 1.20. The quantitative estimate of drug-likeness (QED) is 0.400. The third kappa shape index (κ3) is 5.96. The second-order valence-corrected chi connectivity index (χ2v) is 10.0. The van der Waals surface area contributed by atoms with Gasteiger partial charge in [0.25, 0.3) is 11.8 Å². The van der Waals surface area contributed by atoms with Crippen molar-refractivity contribution in [1.29, 1.82) is 0 Å². The number of aromatic nitrogens is 5. The van der Waals surface area contributed by atoms with Crippen LogP contribution in [0.5, 0.6) is 5.75 Å². The summed E-state index contributed by atoms with van der Waals surface area (Å²) in [5.41, 5.74) is 2.03. The molecule has 3 aromatic heterocycles. The molecule has 11 nitrogen and oxygen atoms in total. The van der Waals surface area contributed by atoms with Crippen LogP contribution in [0.4, 0.5) is 19.7 Å². The molecule has 3 aromatic rings. The van der Waals surface area contributed by atoms with Gasteiger partial charge in [0, 0.05) is 49.7 Å². The summed E-state index contributed by atoms with van der Waals surface area (Å²) in [5, 5.41) is 22.5. The molecule has 194 valence electrons. The maximum Gasteiger partial charge on any atom is 0.282 e. The summed E-state index contributed by atoms with van der Waals surface area (Å²) in [6, 6.07) is 6.87. The lowest BCUT2D eigenvalue weighted by atomic mass is 9.91. The zero-order chi connectivity index (χ0) is 26.0. The van der Waals surface area contributed by atoms with Crippen LogP contribution in [0.3, 0.4) is 0 Å². The van der Waals surface area contributed by atoms with Gasteiger partial charge in [-0.25, -0.2) is 8.78 Å². The number of aryl methyl sites for hydroxylation is 1. The molecule has 14 heteroatoms. The molecule has 0 aromatic carbocycles. The fourth-order valence-corrected chi connectivity index (χ4v) is 5.09. The Kier molecular flexibility index (Phi) is 6.91. The van der Waals surface area contributed by atoms with Crippen LogP contribution in [0.2, 0.25) is 0 Å². The van der Waals surface area contributed by atoms with Crippen molar-refractivity contribution in [1.82, 2.24) is 30.7 Å². The molecule has 2 amide bonds. The van der Waals surface area contributed by atoms with Gasteiger partial charge in [-0.3, -0.25) is 14.6 Å². The molecule has 1 saturated heterocycles. The van der Waals surface area contributed by atoms with Crippen LogP contribution in [0, 0.1) is 6.92 Å². The summed E-state index contributed by atoms with van der Waals surface area (Å²) in [7, 11) is 0. The monoisotopic (exact) mass is 530 g/mol. The van der Waals surface area contributed by atoms with Crippen LogP contribution >= 0.6 is 11.3 Å². The average molecular weight is 531 g/mol. The summed E-state index contributed by atoms with van der Waals surface area (Å²) in [5.74, 6) is -2.05. The number of halogens is 2. The molecular formula is C23H24F2N8O3S. The standard InChI is InChI=1S/C23H24F2N8O3S/c1-13-6-16(36-17-8-23(24,25)9-17)7-15(28-13)10-26-20(35)21-31-32-22(37-21)33-5-4-14(11-33)18-2-3-19(27-12-34)30-29-18/h2-3,6-7,12,14,17H,4-5,8-11H2,1H3,(H,26,35)(H,27,30,34). The fourth-order valence-electron chi connectivity index (χ4n) is 4.30. The van der Waals surface area contributed by atoms with Crippen LogP contribution in [0.15, 0.2) is 24.3 Å². The van der Waals surface area contributed by atoms with E-state index in [1.165, 1.54) is 11.3 Å². The molecule has 2 fully saturated rings. The van der Waals surface area contributed by atoms with E-state index in [1.807, 2.05) is 11.0 Å². The molecule has 1 atom stereocenters. The zero-order valence-corrected chi connectivity index (χ0v) is 20.7. The van der Waals surface area contributed by atoms with Gasteiger partial charge in [-0.1, -0.05) is 11.3 Å². The Labute approximate surface area is 214 Å². The normalized spacial score (nSPS) is 18.8. The number of carbonyl (C=O) groups is 2. The molecule has 5 rings (SSSR count). The number of pyridine rings is 1. The Morgan fingerprint density at radius 1 is 1.24 bits per heavy atom. The van der Waals surface area contributed by atoms with Gasteiger partial charge in [-0.15, -0.1) is 15.3 Å². The highest BCUT2D eigenvalue weighted by atomic mass is 32.1. The first-order valence-corrected chi connectivity index (χ1v) is 12.5. The second kappa shape index (κ2) is 10.3. The van der Waals surface area contributed by atoms with Gasteiger partial charge in [0.05, 0.1) is 17.9 Å². The van der Waals surface area contributed by atoms with E-state index < -0.39 is 12.0 Å². The van der Waals surface area contributed by atoms with Crippen molar-refractivity contribution in [2.45, 2.75) is 50.7 Å². The molecule has 1 aliphatic carbocycles. The first kappa shape index (κ1) is 24.9. The molecule has 0 bridgehead atoms. The largest absolute Gasteiger partial charge is 0.490 e. The maximum absolute atomic E-state index is 13.1. The number of ether oxygens (including phenoxy) is 1. The number of carbonyl (C=O) groups excluding carboxylic acids is 2. The highest BCUT2D eigenvalue weighted by Gasteiger charge is 2.47. The minimum absolute atomic E-state index is 0.131. The van der Waals surface area contributed by atoms with Gasteiger partial charge < -0.3 is 20.3 Å². The van der Waals surface area contributed by atoms with E-state index >= 15 is 0 Å². The second-order valence-electron chi connectivity index (χ2n) is 9.05. The number of amides is 2. The smallest absolute Gasteiger partial charge is 0.282 e. The summed E-state index contributed by atoms with van der Waals surface area (Å²) < 4.78 is 31.8. The van der Waals surface area contributed by atoms with E-state index in [9.17, 15) is 18.4 Å². The lowest BCUT2D eigenvalue weighted by molar-refractivity contribution is -0.134. The number of hydrogen-bond donors (Lipinski definition) is 2. The van der Waals surface area contributed by atoms with Crippen LogP contribution in [-0.2, 0) is 11.3 Å². The third-order valence-electron chi connectivity index (χ3n) is 6.14. The highest BCUT2D eigenvalue weighted by molar-refractivity contribution is 7.17. The van der Waals surface area contributed by atoms with Crippen LogP contribution in [-0.4, -0.2) is 62.8 Å². The summed E-state index contributed by atoms with van der Waals surface area (Å²) in [6.07, 6.45) is 0.287. The van der Waals surface area contributed by atoms with Crippen molar-refractivity contribution in [3.8, 4) is 5.75 Å². The number of rotatable bonds is 9. The molecule has 0 radical (unpaired) electrons. The molecule has 2 N–H and O–H groups in total. The SMILES string of the molecule is Cc1cc(OC2CC(F)(F)C2)cc(CNC(=O)c2nnc(N3CCC(c4ccc(NC=O)nn4)C3)s2)n1. The average Bonchev–Trinajstić information content (AvgIpc) is 3.52. The van der Waals surface area contributed by atoms with E-state index in [0.29, 0.717) is 41.0 Å². The fraction of sp³-hybridized carbons (Fsp3) is 0.435. The molecule has 1 unspecified atom stereocenters. The molecule has 1 saturated carbocycles. The van der Waals surface area contributed by atoms with Crippen LogP contribution in [0.25, 0.3) is 0 Å². The predicted molar refractivity (Wildman–Crippen MR) is 130 cm³/mol. The van der Waals surface area contributed by atoms with E-state index in [-0.39, 0.29) is 36.2 Å². The molecule has 37 heavy (non-hydrogen) atoms. The molecule has 1 aliphatic heterocycles. The van der Waals surface area contributed by atoms with Gasteiger partial charge >= 0.3 is 0 Å². The predicted octanol–water partition coefficient (Wildman–Crippen LogP) is 2.70. The molecular weight excluding hydrogens is 506 g/mol. The van der Waals surface area contributed by atoms with E-state index in [1.54, 1.807) is 25.1 Å². The maximum atomic E-state index is 13.1. The van der Waals surface area contributed by atoms with Crippen molar-refractivity contribution >= 4 is 34.6 Å². The Morgan fingerprint density at radius 2 is 2.08 bits per heavy atom. The number of alkyl halides is 2. The van der Waals surface area contributed by atoms with Crippen molar-refractivity contribution in [2.75, 3.05) is 23.3 Å². The van der Waals surface area contributed by atoms with Gasteiger partial charge in [-0.2, -0.15) is 5.10 Å². The first-order chi connectivity index (χ1) is 17.8. The highest BCUT2D eigenvalue weighted by Crippen LogP contribution is 2.39. The van der Waals surface area contributed by atoms with E-state index in [2.05, 4.69) is 36.0 Å². The lowest BCUT2D eigenvalue weighted by Gasteiger charge is -2.34. The number of nitrogens with zero attached hydrogens (tertiary/aromatic N) is 6.